The van der Waals surface area contributed by atoms with E-state index in [9.17, 15) is 19.2 Å². The molecule has 2 aliphatic heterocycles. The molecule has 42 heavy (non-hydrogen) atoms. The molecule has 3 aromatic rings. The minimum Gasteiger partial charge on any atom is -0.366 e. The first kappa shape index (κ1) is 29.2. The van der Waals surface area contributed by atoms with Crippen molar-refractivity contribution in [2.45, 2.75) is 64.6 Å². The summed E-state index contributed by atoms with van der Waals surface area (Å²) in [7, 11) is -1.31. The van der Waals surface area contributed by atoms with Crippen molar-refractivity contribution in [2.24, 2.45) is 5.73 Å². The molecule has 2 aliphatic rings. The number of aryl methyl sites for hydroxylation is 1. The number of primary amides is 1. The van der Waals surface area contributed by atoms with Crippen molar-refractivity contribution in [1.82, 2.24) is 19.6 Å². The number of aromatic nitrogens is 2. The second-order valence-corrected chi connectivity index (χ2v) is 17.6. The lowest BCUT2D eigenvalue weighted by atomic mass is 10.0. The van der Waals surface area contributed by atoms with Crippen molar-refractivity contribution in [3.05, 3.63) is 64.3 Å². The van der Waals surface area contributed by atoms with Crippen LogP contribution in [0.2, 0.25) is 25.7 Å². The van der Waals surface area contributed by atoms with Crippen molar-refractivity contribution in [2.75, 3.05) is 13.3 Å². The van der Waals surface area contributed by atoms with Gasteiger partial charge in [0.15, 0.2) is 0 Å². The van der Waals surface area contributed by atoms with E-state index < -0.39 is 25.9 Å². The molecule has 3 heterocycles. The van der Waals surface area contributed by atoms with E-state index >= 15 is 0 Å². The van der Waals surface area contributed by atoms with Crippen molar-refractivity contribution in [3.8, 4) is 11.8 Å². The van der Waals surface area contributed by atoms with Crippen LogP contribution in [-0.4, -0.2) is 70.7 Å². The molecular formula is C31H35N5O5Si. The summed E-state index contributed by atoms with van der Waals surface area (Å²) in [6.07, 6.45) is 0.456. The zero-order valence-corrected chi connectivity index (χ0v) is 25.4. The smallest absolute Gasteiger partial charge is 0.255 e. The Labute approximate surface area is 245 Å². The number of ether oxygens (including phenoxy) is 1. The van der Waals surface area contributed by atoms with Crippen LogP contribution in [0.25, 0.3) is 10.9 Å². The lowest BCUT2D eigenvalue weighted by Crippen LogP contribution is -2.55. The third kappa shape index (κ3) is 5.86. The summed E-state index contributed by atoms with van der Waals surface area (Å²) >= 11 is 0. The number of hydrogen-bond acceptors (Lipinski definition) is 6. The van der Waals surface area contributed by atoms with Crippen molar-refractivity contribution < 1.29 is 23.9 Å². The number of benzene rings is 2. The Morgan fingerprint density at radius 3 is 2.69 bits per heavy atom. The van der Waals surface area contributed by atoms with Gasteiger partial charge in [-0.05, 0) is 49.2 Å². The normalized spacial score (nSPS) is 17.0. The minimum atomic E-state index is -1.31. The zero-order chi connectivity index (χ0) is 30.2. The molecule has 5 rings (SSSR count). The van der Waals surface area contributed by atoms with Gasteiger partial charge in [0, 0.05) is 49.7 Å². The van der Waals surface area contributed by atoms with Crippen LogP contribution in [0.3, 0.4) is 0 Å². The molecule has 1 atom stereocenters. The first-order valence-electron chi connectivity index (χ1n) is 14.1. The zero-order valence-electron chi connectivity index (χ0n) is 24.4. The van der Waals surface area contributed by atoms with Gasteiger partial charge < -0.3 is 15.4 Å². The lowest BCUT2D eigenvalue weighted by molar-refractivity contribution is -0.158. The first-order valence-corrected chi connectivity index (χ1v) is 17.8. The van der Waals surface area contributed by atoms with Crippen LogP contribution >= 0.6 is 0 Å². The predicted molar refractivity (Wildman–Crippen MR) is 160 cm³/mol. The number of hydrogen-bond donors (Lipinski definition) is 1. The molecule has 11 heteroatoms. The van der Waals surface area contributed by atoms with Crippen LogP contribution in [0.4, 0.5) is 0 Å². The third-order valence-corrected chi connectivity index (χ3v) is 9.45. The lowest BCUT2D eigenvalue weighted by Gasteiger charge is -2.35. The van der Waals surface area contributed by atoms with Gasteiger partial charge in [-0.25, -0.2) is 0 Å². The molecular weight excluding hydrogens is 550 g/mol. The number of carbonyl (C=O) groups is 4. The Bertz CT molecular complexity index is 1660. The molecule has 2 aromatic carbocycles. The quantitative estimate of drug-likeness (QED) is 0.187. The standard InChI is InChI=1S/C31H35N5O5Si/c1-20-23-11-10-22(29(32)38)17-27(23)36(33-20)14-6-8-21-7-5-9-24-25(21)18-34(30(24)39)26-12-13-28(37)35(31(26)40)19-41-15-16-42(2,3)4/h5,7,9-11,17,26H,12-16,18-19H2,1-4H3,(H2,32,38). The molecule has 1 saturated heterocycles. The van der Waals surface area contributed by atoms with E-state index in [-0.39, 0.29) is 44.5 Å². The number of likely N-dealkylation sites (tertiary alicyclic amines) is 1. The maximum Gasteiger partial charge on any atom is 0.255 e. The summed E-state index contributed by atoms with van der Waals surface area (Å²) < 4.78 is 7.43. The molecule has 4 amide bonds. The molecule has 1 aromatic heterocycles. The average Bonchev–Trinajstić information content (AvgIpc) is 3.44. The Kier molecular flexibility index (Phi) is 8.03. The summed E-state index contributed by atoms with van der Waals surface area (Å²) in [6.45, 7) is 9.51. The van der Waals surface area contributed by atoms with Crippen molar-refractivity contribution in [3.63, 3.8) is 0 Å². The molecule has 218 valence electrons. The van der Waals surface area contributed by atoms with Crippen LogP contribution in [0.5, 0.6) is 0 Å². The molecule has 1 unspecified atom stereocenters. The number of imide groups is 1. The molecule has 1 fully saturated rings. The van der Waals surface area contributed by atoms with Gasteiger partial charge in [-0.3, -0.25) is 28.8 Å². The second kappa shape index (κ2) is 11.5. The largest absolute Gasteiger partial charge is 0.366 e. The third-order valence-electron chi connectivity index (χ3n) is 7.75. The summed E-state index contributed by atoms with van der Waals surface area (Å²) in [6, 6.07) is 10.8. The number of piperidine rings is 1. The van der Waals surface area contributed by atoms with Gasteiger partial charge in [-0.1, -0.05) is 43.6 Å². The van der Waals surface area contributed by atoms with Gasteiger partial charge >= 0.3 is 0 Å². The van der Waals surface area contributed by atoms with Gasteiger partial charge in [-0.2, -0.15) is 5.10 Å². The average molecular weight is 586 g/mol. The molecule has 0 saturated carbocycles. The predicted octanol–water partition coefficient (Wildman–Crippen LogP) is 3.28. The van der Waals surface area contributed by atoms with Gasteiger partial charge in [0.2, 0.25) is 11.8 Å². The van der Waals surface area contributed by atoms with Crippen LogP contribution < -0.4 is 5.73 Å². The highest BCUT2D eigenvalue weighted by Crippen LogP contribution is 2.31. The van der Waals surface area contributed by atoms with E-state index in [4.69, 9.17) is 10.5 Å². The summed E-state index contributed by atoms with van der Waals surface area (Å²) in [5.41, 5.74) is 9.39. The summed E-state index contributed by atoms with van der Waals surface area (Å²) in [5, 5.41) is 5.47. The van der Waals surface area contributed by atoms with Gasteiger partial charge in [-0.15, -0.1) is 0 Å². The van der Waals surface area contributed by atoms with Gasteiger partial charge in [0.05, 0.1) is 11.2 Å². The second-order valence-electron chi connectivity index (χ2n) is 12.0. The topological polar surface area (TPSA) is 128 Å². The van der Waals surface area contributed by atoms with Crippen LogP contribution in [0.15, 0.2) is 36.4 Å². The first-order chi connectivity index (χ1) is 19.9. The van der Waals surface area contributed by atoms with E-state index in [1.54, 1.807) is 33.8 Å². The number of carbonyl (C=O) groups excluding carboxylic acids is 4. The Morgan fingerprint density at radius 2 is 1.95 bits per heavy atom. The maximum absolute atomic E-state index is 13.4. The van der Waals surface area contributed by atoms with Crippen LogP contribution in [0.1, 0.15) is 50.4 Å². The van der Waals surface area contributed by atoms with E-state index in [0.29, 0.717) is 23.3 Å². The Morgan fingerprint density at radius 1 is 1.17 bits per heavy atom. The molecule has 10 nitrogen and oxygen atoms in total. The van der Waals surface area contributed by atoms with E-state index in [1.165, 1.54) is 0 Å². The molecule has 0 bridgehead atoms. The number of rotatable bonds is 8. The summed E-state index contributed by atoms with van der Waals surface area (Å²) in [4.78, 5) is 53.7. The monoisotopic (exact) mass is 585 g/mol. The van der Waals surface area contributed by atoms with Crippen molar-refractivity contribution in [1.29, 1.82) is 0 Å². The highest BCUT2D eigenvalue weighted by molar-refractivity contribution is 6.76. The van der Waals surface area contributed by atoms with Crippen LogP contribution in [-0.2, 0) is 27.4 Å². The molecule has 0 radical (unpaired) electrons. The fourth-order valence-electron chi connectivity index (χ4n) is 5.33. The fraction of sp³-hybridized carbons (Fsp3) is 0.387. The van der Waals surface area contributed by atoms with Crippen LogP contribution in [0, 0.1) is 18.8 Å². The molecule has 2 N–H and O–H groups in total. The van der Waals surface area contributed by atoms with E-state index in [2.05, 4.69) is 36.6 Å². The SMILES string of the molecule is Cc1nn(CC#Cc2cccc3c2CN(C2CCC(=O)N(COCC[Si](C)(C)C)C2=O)C3=O)c2cc(C(N)=O)ccc12. The highest BCUT2D eigenvalue weighted by Gasteiger charge is 2.43. The maximum atomic E-state index is 13.4. The van der Waals surface area contributed by atoms with Gasteiger partial charge in [0.25, 0.3) is 11.8 Å². The fourth-order valence-corrected chi connectivity index (χ4v) is 6.08. The highest BCUT2D eigenvalue weighted by atomic mass is 28.3. The number of amides is 4. The Balaban J connectivity index is 1.31. The number of fused-ring (bicyclic) bond motifs is 2. The molecule has 0 aliphatic carbocycles. The molecule has 0 spiro atoms. The number of nitrogens with zero attached hydrogens (tertiary/aromatic N) is 4. The van der Waals surface area contributed by atoms with Gasteiger partial charge in [0.1, 0.15) is 19.3 Å². The van der Waals surface area contributed by atoms with E-state index in [0.717, 1.165) is 33.1 Å². The van der Waals surface area contributed by atoms with E-state index in [1.807, 2.05) is 19.1 Å². The van der Waals surface area contributed by atoms with Crippen molar-refractivity contribution >= 4 is 42.6 Å². The number of nitrogens with two attached hydrogens (primary N) is 1. The minimum absolute atomic E-state index is 0.0904. The Hall–Kier alpha value is -4.27. The summed E-state index contributed by atoms with van der Waals surface area (Å²) in [5.74, 6) is 4.89.